The molecule has 0 aromatic carbocycles. The standard InChI is InChI=1S/C17H26ClN3O3/c1-17(2,3)24-16(22)21-10-5-4-6-13(21)7-11-23-12-14-15(18)20-9-8-19-14/h8-9,13H,4-7,10-12H2,1-3H3/t13-/m0/s1. The van der Waals surface area contributed by atoms with Crippen molar-refractivity contribution in [2.45, 2.75) is 64.7 Å². The van der Waals surface area contributed by atoms with Crippen molar-refractivity contribution in [2.24, 2.45) is 0 Å². The van der Waals surface area contributed by atoms with E-state index in [1.54, 1.807) is 12.4 Å². The number of likely N-dealkylation sites (tertiary alicyclic amines) is 1. The van der Waals surface area contributed by atoms with Gasteiger partial charge in [-0.25, -0.2) is 9.78 Å². The Morgan fingerprint density at radius 2 is 2.08 bits per heavy atom. The number of piperidine rings is 1. The molecule has 1 fully saturated rings. The molecule has 0 spiro atoms. The van der Waals surface area contributed by atoms with E-state index in [0.717, 1.165) is 32.2 Å². The van der Waals surface area contributed by atoms with Crippen molar-refractivity contribution in [1.29, 1.82) is 0 Å². The van der Waals surface area contributed by atoms with Crippen LogP contribution in [0.15, 0.2) is 12.4 Å². The van der Waals surface area contributed by atoms with Gasteiger partial charge in [-0.2, -0.15) is 0 Å². The molecule has 0 N–H and O–H groups in total. The van der Waals surface area contributed by atoms with Gasteiger partial charge in [0.25, 0.3) is 0 Å². The molecular weight excluding hydrogens is 330 g/mol. The predicted molar refractivity (Wildman–Crippen MR) is 91.9 cm³/mol. The third-order valence-corrected chi connectivity index (χ3v) is 4.13. The molecule has 0 radical (unpaired) electrons. The van der Waals surface area contributed by atoms with Gasteiger partial charge in [0.05, 0.1) is 6.61 Å². The summed E-state index contributed by atoms with van der Waals surface area (Å²) < 4.78 is 11.2. The molecule has 0 bridgehead atoms. The first-order valence-electron chi connectivity index (χ1n) is 8.39. The minimum Gasteiger partial charge on any atom is -0.444 e. The van der Waals surface area contributed by atoms with Crippen LogP contribution in [0.25, 0.3) is 0 Å². The van der Waals surface area contributed by atoms with Crippen LogP contribution in [0.3, 0.4) is 0 Å². The number of ether oxygens (including phenoxy) is 2. The van der Waals surface area contributed by atoms with E-state index >= 15 is 0 Å². The van der Waals surface area contributed by atoms with Crippen LogP contribution in [-0.2, 0) is 16.1 Å². The Kier molecular flexibility index (Phi) is 6.80. The van der Waals surface area contributed by atoms with Crippen molar-refractivity contribution >= 4 is 17.7 Å². The number of hydrogen-bond donors (Lipinski definition) is 0. The minimum absolute atomic E-state index is 0.158. The smallest absolute Gasteiger partial charge is 0.410 e. The SMILES string of the molecule is CC(C)(C)OC(=O)N1CCCC[C@H]1CCOCc1nccnc1Cl. The van der Waals surface area contributed by atoms with Crippen LogP contribution in [0.5, 0.6) is 0 Å². The minimum atomic E-state index is -0.474. The predicted octanol–water partition coefficient (Wildman–Crippen LogP) is 3.83. The normalized spacial score (nSPS) is 18.5. The summed E-state index contributed by atoms with van der Waals surface area (Å²) in [4.78, 5) is 22.3. The second kappa shape index (κ2) is 8.62. The van der Waals surface area contributed by atoms with Crippen molar-refractivity contribution < 1.29 is 14.3 Å². The Bertz CT molecular complexity index is 548. The Morgan fingerprint density at radius 3 is 2.79 bits per heavy atom. The molecular formula is C17H26ClN3O3. The molecule has 1 saturated heterocycles. The highest BCUT2D eigenvalue weighted by Crippen LogP contribution is 2.22. The van der Waals surface area contributed by atoms with E-state index in [4.69, 9.17) is 21.1 Å². The monoisotopic (exact) mass is 355 g/mol. The Labute approximate surface area is 148 Å². The fraction of sp³-hybridized carbons (Fsp3) is 0.706. The fourth-order valence-electron chi connectivity index (χ4n) is 2.70. The molecule has 1 aromatic rings. The largest absolute Gasteiger partial charge is 0.444 e. The summed E-state index contributed by atoms with van der Waals surface area (Å²) in [6.07, 6.45) is 6.81. The van der Waals surface area contributed by atoms with E-state index in [1.807, 2.05) is 25.7 Å². The fourth-order valence-corrected chi connectivity index (χ4v) is 2.86. The molecule has 7 heteroatoms. The lowest BCUT2D eigenvalue weighted by atomic mass is 10.0. The van der Waals surface area contributed by atoms with Gasteiger partial charge < -0.3 is 14.4 Å². The van der Waals surface area contributed by atoms with E-state index in [9.17, 15) is 4.79 Å². The number of nitrogens with zero attached hydrogens (tertiary/aromatic N) is 3. The van der Waals surface area contributed by atoms with E-state index < -0.39 is 5.60 Å². The van der Waals surface area contributed by atoms with Gasteiger partial charge in [-0.3, -0.25) is 4.98 Å². The van der Waals surface area contributed by atoms with Crippen LogP contribution >= 0.6 is 11.6 Å². The van der Waals surface area contributed by atoms with E-state index in [1.165, 1.54) is 0 Å². The van der Waals surface area contributed by atoms with Gasteiger partial charge in [-0.15, -0.1) is 0 Å². The number of rotatable bonds is 5. The van der Waals surface area contributed by atoms with Gasteiger partial charge in [-0.1, -0.05) is 11.6 Å². The Morgan fingerprint density at radius 1 is 1.33 bits per heavy atom. The quantitative estimate of drug-likeness (QED) is 0.751. The first-order chi connectivity index (χ1) is 11.4. The zero-order valence-electron chi connectivity index (χ0n) is 14.6. The van der Waals surface area contributed by atoms with E-state index in [2.05, 4.69) is 9.97 Å². The average molecular weight is 356 g/mol. The summed E-state index contributed by atoms with van der Waals surface area (Å²) in [7, 11) is 0. The van der Waals surface area contributed by atoms with Crippen molar-refractivity contribution in [1.82, 2.24) is 14.9 Å². The second-order valence-corrected chi connectivity index (χ2v) is 7.32. The van der Waals surface area contributed by atoms with Crippen molar-refractivity contribution in [2.75, 3.05) is 13.2 Å². The molecule has 24 heavy (non-hydrogen) atoms. The third kappa shape index (κ3) is 5.91. The molecule has 0 unspecified atom stereocenters. The maximum atomic E-state index is 12.4. The lowest BCUT2D eigenvalue weighted by Gasteiger charge is -2.36. The summed E-state index contributed by atoms with van der Waals surface area (Å²) in [5.74, 6) is 0. The summed E-state index contributed by atoms with van der Waals surface area (Å²) in [6, 6.07) is 0.158. The molecule has 0 saturated carbocycles. The molecule has 1 atom stereocenters. The highest BCUT2D eigenvalue weighted by atomic mass is 35.5. The van der Waals surface area contributed by atoms with Gasteiger partial charge in [0.1, 0.15) is 11.3 Å². The number of hydrogen-bond acceptors (Lipinski definition) is 5. The Hall–Kier alpha value is -1.40. The van der Waals surface area contributed by atoms with Crippen molar-refractivity contribution in [3.05, 3.63) is 23.2 Å². The average Bonchev–Trinajstić information content (AvgIpc) is 2.52. The molecule has 1 aromatic heterocycles. The topological polar surface area (TPSA) is 64.5 Å². The van der Waals surface area contributed by atoms with Crippen LogP contribution < -0.4 is 0 Å². The zero-order valence-corrected chi connectivity index (χ0v) is 15.4. The summed E-state index contributed by atoms with van der Waals surface area (Å²) in [6.45, 7) is 7.27. The molecule has 6 nitrogen and oxygen atoms in total. The van der Waals surface area contributed by atoms with Gasteiger partial charge in [-0.05, 0) is 46.5 Å². The van der Waals surface area contributed by atoms with Crippen LogP contribution in [0.4, 0.5) is 4.79 Å². The lowest BCUT2D eigenvalue weighted by molar-refractivity contribution is 0.00368. The highest BCUT2D eigenvalue weighted by Gasteiger charge is 2.30. The molecule has 1 aliphatic heterocycles. The zero-order chi connectivity index (χ0) is 17.6. The maximum absolute atomic E-state index is 12.4. The molecule has 0 aliphatic carbocycles. The summed E-state index contributed by atoms with van der Waals surface area (Å²) in [5, 5.41) is 0.366. The highest BCUT2D eigenvalue weighted by molar-refractivity contribution is 6.29. The first kappa shape index (κ1) is 18.9. The van der Waals surface area contributed by atoms with E-state index in [0.29, 0.717) is 24.1 Å². The molecule has 1 amide bonds. The first-order valence-corrected chi connectivity index (χ1v) is 8.77. The number of halogens is 1. The van der Waals surface area contributed by atoms with Gasteiger partial charge in [0.15, 0.2) is 5.15 Å². The van der Waals surface area contributed by atoms with Gasteiger partial charge in [0.2, 0.25) is 0 Å². The Balaban J connectivity index is 1.81. The van der Waals surface area contributed by atoms with E-state index in [-0.39, 0.29) is 12.1 Å². The lowest BCUT2D eigenvalue weighted by Crippen LogP contribution is -2.46. The number of carbonyl (C=O) groups is 1. The maximum Gasteiger partial charge on any atom is 0.410 e. The van der Waals surface area contributed by atoms with Gasteiger partial charge >= 0.3 is 6.09 Å². The van der Waals surface area contributed by atoms with Gasteiger partial charge in [0, 0.05) is 31.6 Å². The van der Waals surface area contributed by atoms with Crippen molar-refractivity contribution in [3.63, 3.8) is 0 Å². The van der Waals surface area contributed by atoms with Crippen LogP contribution in [-0.4, -0.2) is 45.8 Å². The summed E-state index contributed by atoms with van der Waals surface area (Å²) >= 11 is 5.96. The summed E-state index contributed by atoms with van der Waals surface area (Å²) in [5.41, 5.74) is 0.157. The molecule has 2 rings (SSSR count). The van der Waals surface area contributed by atoms with Crippen LogP contribution in [0.1, 0.15) is 52.1 Å². The third-order valence-electron chi connectivity index (χ3n) is 3.81. The number of carbonyl (C=O) groups excluding carboxylic acids is 1. The number of amides is 1. The van der Waals surface area contributed by atoms with Crippen molar-refractivity contribution in [3.8, 4) is 0 Å². The molecule has 1 aliphatic rings. The molecule has 2 heterocycles. The van der Waals surface area contributed by atoms with Crippen LogP contribution in [0.2, 0.25) is 5.15 Å². The molecule has 134 valence electrons. The van der Waals surface area contributed by atoms with Crippen LogP contribution in [0, 0.1) is 0 Å². The number of aromatic nitrogens is 2. The second-order valence-electron chi connectivity index (χ2n) is 6.96.